The number of fused-ring (bicyclic) bond motifs is 1. The molecule has 0 aliphatic heterocycles. The lowest BCUT2D eigenvalue weighted by Crippen LogP contribution is -2.08. The van der Waals surface area contributed by atoms with E-state index in [-0.39, 0.29) is 11.1 Å². The molecule has 0 bridgehead atoms. The number of ether oxygens (including phenoxy) is 3. The molecule has 4 aromatic rings. The van der Waals surface area contributed by atoms with Crippen molar-refractivity contribution in [3.8, 4) is 16.9 Å². The van der Waals surface area contributed by atoms with Crippen LogP contribution >= 0.6 is 11.3 Å². The summed E-state index contributed by atoms with van der Waals surface area (Å²) in [6, 6.07) is 12.3. The van der Waals surface area contributed by atoms with Crippen molar-refractivity contribution in [2.45, 2.75) is 0 Å². The van der Waals surface area contributed by atoms with Gasteiger partial charge in [0.25, 0.3) is 0 Å². The van der Waals surface area contributed by atoms with Crippen molar-refractivity contribution in [1.29, 1.82) is 0 Å². The molecule has 2 aromatic heterocycles. The standard InChI is InChI=1S/C23H19N3O5S/c1-29-17-6-4-13(5-7-17)18-11-32-21-19(18)20(24-12-25-21)26-16-9-14(22(27)30-2)8-15(10-16)23(28)31-3/h4-12H,1-3H3,(H,24,25,26). The third-order valence-electron chi connectivity index (χ3n) is 4.81. The van der Waals surface area contributed by atoms with E-state index >= 15 is 0 Å². The molecule has 8 nitrogen and oxygen atoms in total. The Hall–Kier alpha value is -3.98. The molecule has 0 spiro atoms. The maximum absolute atomic E-state index is 12.1. The van der Waals surface area contributed by atoms with Crippen LogP contribution in [0.5, 0.6) is 5.75 Å². The summed E-state index contributed by atoms with van der Waals surface area (Å²) in [4.78, 5) is 33.8. The first-order valence-corrected chi connectivity index (χ1v) is 10.4. The highest BCUT2D eigenvalue weighted by Crippen LogP contribution is 2.38. The van der Waals surface area contributed by atoms with E-state index < -0.39 is 11.9 Å². The fourth-order valence-corrected chi connectivity index (χ4v) is 4.18. The Labute approximate surface area is 187 Å². The van der Waals surface area contributed by atoms with Crippen molar-refractivity contribution in [3.05, 3.63) is 65.3 Å². The van der Waals surface area contributed by atoms with Gasteiger partial charge in [0.15, 0.2) is 0 Å². The third kappa shape index (κ3) is 4.10. The first-order valence-electron chi connectivity index (χ1n) is 9.49. The highest BCUT2D eigenvalue weighted by atomic mass is 32.1. The SMILES string of the molecule is COC(=O)c1cc(Nc2ncnc3scc(-c4ccc(OC)cc4)c23)cc(C(=O)OC)c1. The van der Waals surface area contributed by atoms with E-state index in [4.69, 9.17) is 14.2 Å². The number of benzene rings is 2. The van der Waals surface area contributed by atoms with Crippen LogP contribution in [0.3, 0.4) is 0 Å². The quantitative estimate of drug-likeness (QED) is 0.424. The molecule has 162 valence electrons. The van der Waals surface area contributed by atoms with Gasteiger partial charge in [-0.3, -0.25) is 0 Å². The molecule has 0 atom stereocenters. The van der Waals surface area contributed by atoms with Crippen LogP contribution in [0.2, 0.25) is 0 Å². The minimum Gasteiger partial charge on any atom is -0.497 e. The molecule has 2 aromatic carbocycles. The molecule has 0 saturated carbocycles. The van der Waals surface area contributed by atoms with Crippen LogP contribution in [0.1, 0.15) is 20.7 Å². The maximum Gasteiger partial charge on any atom is 0.337 e. The summed E-state index contributed by atoms with van der Waals surface area (Å²) in [5.74, 6) is 0.167. The molecule has 0 aliphatic rings. The number of rotatable bonds is 6. The highest BCUT2D eigenvalue weighted by Gasteiger charge is 2.17. The number of aromatic nitrogens is 2. The van der Waals surface area contributed by atoms with Crippen LogP contribution in [0.4, 0.5) is 11.5 Å². The number of nitrogens with zero attached hydrogens (tertiary/aromatic N) is 2. The second-order valence-corrected chi connectivity index (χ2v) is 7.55. The first kappa shape index (κ1) is 21.3. The zero-order chi connectivity index (χ0) is 22.7. The lowest BCUT2D eigenvalue weighted by Gasteiger charge is -2.11. The van der Waals surface area contributed by atoms with Crippen molar-refractivity contribution in [2.24, 2.45) is 0 Å². The Morgan fingerprint density at radius 3 is 2.16 bits per heavy atom. The van der Waals surface area contributed by atoms with Crippen molar-refractivity contribution in [3.63, 3.8) is 0 Å². The highest BCUT2D eigenvalue weighted by molar-refractivity contribution is 7.17. The first-order chi connectivity index (χ1) is 15.5. The van der Waals surface area contributed by atoms with Crippen LogP contribution in [-0.2, 0) is 9.47 Å². The normalized spacial score (nSPS) is 10.6. The molecule has 0 aliphatic carbocycles. The average molecular weight is 449 g/mol. The smallest absolute Gasteiger partial charge is 0.337 e. The van der Waals surface area contributed by atoms with E-state index in [0.29, 0.717) is 11.5 Å². The lowest BCUT2D eigenvalue weighted by atomic mass is 10.1. The van der Waals surface area contributed by atoms with Gasteiger partial charge in [-0.1, -0.05) is 12.1 Å². The molecule has 4 rings (SSSR count). The van der Waals surface area contributed by atoms with Gasteiger partial charge in [-0.2, -0.15) is 0 Å². The number of nitrogens with one attached hydrogen (secondary N) is 1. The van der Waals surface area contributed by atoms with Crippen LogP contribution in [0.15, 0.2) is 54.2 Å². The zero-order valence-electron chi connectivity index (χ0n) is 17.5. The fourth-order valence-electron chi connectivity index (χ4n) is 3.26. The van der Waals surface area contributed by atoms with Crippen LogP contribution in [-0.4, -0.2) is 43.2 Å². The summed E-state index contributed by atoms with van der Waals surface area (Å²) in [6.07, 6.45) is 1.46. The second-order valence-electron chi connectivity index (χ2n) is 6.69. The van der Waals surface area contributed by atoms with Gasteiger partial charge in [0.2, 0.25) is 0 Å². The van der Waals surface area contributed by atoms with Gasteiger partial charge in [0.05, 0.1) is 37.8 Å². The average Bonchev–Trinajstić information content (AvgIpc) is 3.28. The predicted molar refractivity (Wildman–Crippen MR) is 122 cm³/mol. The Kier molecular flexibility index (Phi) is 6.00. The molecule has 0 unspecified atom stereocenters. The molecule has 9 heteroatoms. The van der Waals surface area contributed by atoms with Gasteiger partial charge in [-0.05, 0) is 35.9 Å². The largest absolute Gasteiger partial charge is 0.497 e. The van der Waals surface area contributed by atoms with Crippen LogP contribution in [0, 0.1) is 0 Å². The van der Waals surface area contributed by atoms with E-state index in [9.17, 15) is 9.59 Å². The summed E-state index contributed by atoms with van der Waals surface area (Å²) in [7, 11) is 4.18. The number of anilines is 2. The van der Waals surface area contributed by atoms with Crippen LogP contribution in [0.25, 0.3) is 21.3 Å². The minimum absolute atomic E-state index is 0.212. The third-order valence-corrected chi connectivity index (χ3v) is 5.70. The van der Waals surface area contributed by atoms with E-state index in [1.54, 1.807) is 19.2 Å². The van der Waals surface area contributed by atoms with Gasteiger partial charge in [0.1, 0.15) is 22.7 Å². The van der Waals surface area contributed by atoms with Crippen molar-refractivity contribution in [1.82, 2.24) is 9.97 Å². The molecule has 1 N–H and O–H groups in total. The monoisotopic (exact) mass is 449 g/mol. The predicted octanol–water partition coefficient (Wildman–Crippen LogP) is 4.68. The molecule has 2 heterocycles. The molecule has 32 heavy (non-hydrogen) atoms. The number of carbonyl (C=O) groups is 2. The number of esters is 2. The van der Waals surface area contributed by atoms with Gasteiger partial charge in [0, 0.05) is 16.6 Å². The Morgan fingerprint density at radius 2 is 1.56 bits per heavy atom. The fraction of sp³-hybridized carbons (Fsp3) is 0.130. The lowest BCUT2D eigenvalue weighted by molar-refractivity contribution is 0.0599. The maximum atomic E-state index is 12.1. The van der Waals surface area contributed by atoms with E-state index in [1.807, 2.05) is 29.6 Å². The molecular formula is C23H19N3O5S. The molecular weight excluding hydrogens is 430 g/mol. The van der Waals surface area contributed by atoms with E-state index in [1.165, 1.54) is 38.0 Å². The Bertz CT molecular complexity index is 1270. The second kappa shape index (κ2) is 9.03. The molecule has 0 fully saturated rings. The minimum atomic E-state index is -0.568. The summed E-state index contributed by atoms with van der Waals surface area (Å²) >= 11 is 1.50. The summed E-state index contributed by atoms with van der Waals surface area (Å²) in [5.41, 5.74) is 2.84. The molecule has 0 saturated heterocycles. The van der Waals surface area contributed by atoms with Gasteiger partial charge >= 0.3 is 11.9 Å². The van der Waals surface area contributed by atoms with Crippen molar-refractivity contribution < 1.29 is 23.8 Å². The molecule has 0 radical (unpaired) electrons. The number of carbonyl (C=O) groups excluding carboxylic acids is 2. The number of thiophene rings is 1. The summed E-state index contributed by atoms with van der Waals surface area (Å²) in [5, 5.41) is 6.06. The number of methoxy groups -OCH3 is 3. The van der Waals surface area contributed by atoms with E-state index in [0.717, 1.165) is 27.1 Å². The number of hydrogen-bond donors (Lipinski definition) is 1. The van der Waals surface area contributed by atoms with Crippen molar-refractivity contribution in [2.75, 3.05) is 26.6 Å². The molecule has 0 amide bonds. The van der Waals surface area contributed by atoms with E-state index in [2.05, 4.69) is 15.3 Å². The Morgan fingerprint density at radius 1 is 0.906 bits per heavy atom. The zero-order valence-corrected chi connectivity index (χ0v) is 18.4. The van der Waals surface area contributed by atoms with Crippen LogP contribution < -0.4 is 10.1 Å². The number of hydrogen-bond acceptors (Lipinski definition) is 9. The van der Waals surface area contributed by atoms with Gasteiger partial charge < -0.3 is 19.5 Å². The van der Waals surface area contributed by atoms with Gasteiger partial charge in [-0.25, -0.2) is 19.6 Å². The summed E-state index contributed by atoms with van der Waals surface area (Å²) < 4.78 is 14.9. The van der Waals surface area contributed by atoms with Crippen molar-refractivity contribution >= 4 is 45.0 Å². The van der Waals surface area contributed by atoms with Gasteiger partial charge in [-0.15, -0.1) is 11.3 Å². The summed E-state index contributed by atoms with van der Waals surface area (Å²) in [6.45, 7) is 0. The Balaban J connectivity index is 1.80. The topological polar surface area (TPSA) is 99.6 Å².